The third-order valence-electron chi connectivity index (χ3n) is 3.44. The highest BCUT2D eigenvalue weighted by Gasteiger charge is 2.11. The van der Waals surface area contributed by atoms with Gasteiger partial charge in [0.2, 0.25) is 0 Å². The molecule has 1 nitrogen and oxygen atoms in total. The maximum absolute atomic E-state index is 6.35. The molecule has 0 aromatic heterocycles. The number of halogens is 2. The average molecular weight is 347 g/mol. The molecule has 20 heavy (non-hydrogen) atoms. The van der Waals surface area contributed by atoms with Gasteiger partial charge < -0.3 is 5.73 Å². The van der Waals surface area contributed by atoms with Gasteiger partial charge in [0.05, 0.1) is 11.1 Å². The van der Waals surface area contributed by atoms with E-state index in [0.717, 1.165) is 15.6 Å². The Labute approximate surface area is 131 Å². The molecule has 0 aliphatic rings. The van der Waals surface area contributed by atoms with Gasteiger partial charge in [-0.05, 0) is 56.0 Å². The zero-order valence-electron chi connectivity index (χ0n) is 10.7. The fourth-order valence-corrected chi connectivity index (χ4v) is 2.74. The summed E-state index contributed by atoms with van der Waals surface area (Å²) >= 11 is 9.53. The predicted molar refractivity (Wildman–Crippen MR) is 89.1 cm³/mol. The Kier molecular flexibility index (Phi) is 3.79. The topological polar surface area (TPSA) is 26.0 Å². The quantitative estimate of drug-likeness (QED) is 0.669. The van der Waals surface area contributed by atoms with E-state index in [0.29, 0.717) is 5.02 Å². The van der Waals surface area contributed by atoms with Crippen molar-refractivity contribution >= 4 is 38.3 Å². The number of fused-ring (bicyclic) bond motifs is 1. The van der Waals surface area contributed by atoms with Crippen LogP contribution in [-0.2, 0) is 0 Å². The van der Waals surface area contributed by atoms with Crippen LogP contribution in [-0.4, -0.2) is 0 Å². The van der Waals surface area contributed by atoms with Gasteiger partial charge in [-0.1, -0.05) is 54.1 Å². The summed E-state index contributed by atoms with van der Waals surface area (Å²) in [5.41, 5.74) is 8.45. The lowest BCUT2D eigenvalue weighted by Crippen LogP contribution is -2.11. The van der Waals surface area contributed by atoms with Crippen molar-refractivity contribution in [3.8, 4) is 0 Å². The maximum Gasteiger partial charge on any atom is 0.0552 e. The molecule has 0 amide bonds. The molecule has 0 saturated carbocycles. The monoisotopic (exact) mass is 345 g/mol. The summed E-state index contributed by atoms with van der Waals surface area (Å²) in [5, 5.41) is 3.10. The van der Waals surface area contributed by atoms with E-state index in [2.05, 4.69) is 46.3 Å². The van der Waals surface area contributed by atoms with Crippen LogP contribution >= 0.6 is 27.5 Å². The first kappa shape index (κ1) is 13.6. The van der Waals surface area contributed by atoms with Crippen LogP contribution < -0.4 is 5.73 Å². The smallest absolute Gasteiger partial charge is 0.0552 e. The van der Waals surface area contributed by atoms with E-state index in [1.165, 1.54) is 10.8 Å². The van der Waals surface area contributed by atoms with Gasteiger partial charge in [-0.3, -0.25) is 0 Å². The predicted octanol–water partition coefficient (Wildman–Crippen LogP) is 5.30. The van der Waals surface area contributed by atoms with Crippen LogP contribution in [0.4, 0.5) is 0 Å². The summed E-state index contributed by atoms with van der Waals surface area (Å²) in [5.74, 6) is 0. The molecule has 100 valence electrons. The Morgan fingerprint density at radius 2 is 1.50 bits per heavy atom. The first-order chi connectivity index (χ1) is 9.65. The highest BCUT2D eigenvalue weighted by atomic mass is 79.9. The third-order valence-corrected chi connectivity index (χ3v) is 4.67. The van der Waals surface area contributed by atoms with Crippen LogP contribution in [0.15, 0.2) is 65.1 Å². The molecule has 3 aromatic rings. The van der Waals surface area contributed by atoms with Crippen LogP contribution in [0.25, 0.3) is 10.8 Å². The second-order valence-electron chi connectivity index (χ2n) is 4.76. The van der Waals surface area contributed by atoms with Gasteiger partial charge in [-0.25, -0.2) is 0 Å². The molecule has 1 atom stereocenters. The lowest BCUT2D eigenvalue weighted by molar-refractivity contribution is 0.873. The summed E-state index contributed by atoms with van der Waals surface area (Å²) in [4.78, 5) is 0. The Bertz CT molecular complexity index is 770. The van der Waals surface area contributed by atoms with Crippen LogP contribution in [0.3, 0.4) is 0 Å². The molecule has 0 radical (unpaired) electrons. The van der Waals surface area contributed by atoms with E-state index in [9.17, 15) is 0 Å². The lowest BCUT2D eigenvalue weighted by atomic mass is 9.97. The van der Waals surface area contributed by atoms with Gasteiger partial charge in [0, 0.05) is 4.47 Å². The van der Waals surface area contributed by atoms with E-state index in [1.807, 2.05) is 30.3 Å². The number of benzene rings is 3. The van der Waals surface area contributed by atoms with Crippen molar-refractivity contribution in [3.05, 3.63) is 81.3 Å². The van der Waals surface area contributed by atoms with Crippen molar-refractivity contribution in [2.75, 3.05) is 0 Å². The minimum Gasteiger partial charge on any atom is -0.320 e. The Balaban J connectivity index is 2.02. The van der Waals surface area contributed by atoms with E-state index < -0.39 is 0 Å². The molecular weight excluding hydrogens is 334 g/mol. The first-order valence-electron chi connectivity index (χ1n) is 6.34. The van der Waals surface area contributed by atoms with Crippen molar-refractivity contribution in [1.82, 2.24) is 0 Å². The van der Waals surface area contributed by atoms with Crippen LogP contribution in [0.5, 0.6) is 0 Å². The second kappa shape index (κ2) is 5.57. The minimum absolute atomic E-state index is 0.176. The molecule has 0 saturated heterocycles. The molecule has 3 rings (SSSR count). The number of hydrogen-bond donors (Lipinski definition) is 1. The Morgan fingerprint density at radius 1 is 0.850 bits per heavy atom. The third kappa shape index (κ3) is 2.59. The molecule has 3 aromatic carbocycles. The number of rotatable bonds is 2. The van der Waals surface area contributed by atoms with E-state index >= 15 is 0 Å². The van der Waals surface area contributed by atoms with Crippen molar-refractivity contribution in [2.24, 2.45) is 5.73 Å². The van der Waals surface area contributed by atoms with Crippen molar-refractivity contribution in [1.29, 1.82) is 0 Å². The molecule has 0 aliphatic heterocycles. The highest BCUT2D eigenvalue weighted by molar-refractivity contribution is 9.10. The first-order valence-corrected chi connectivity index (χ1v) is 7.51. The van der Waals surface area contributed by atoms with Gasteiger partial charge in [-0.15, -0.1) is 0 Å². The average Bonchev–Trinajstić information content (AvgIpc) is 2.49. The fraction of sp³-hybridized carbons (Fsp3) is 0.0588. The molecule has 3 heteroatoms. The van der Waals surface area contributed by atoms with Crippen LogP contribution in [0.2, 0.25) is 5.02 Å². The fourth-order valence-electron chi connectivity index (χ4n) is 2.30. The highest BCUT2D eigenvalue weighted by Crippen LogP contribution is 2.29. The van der Waals surface area contributed by atoms with Crippen molar-refractivity contribution < 1.29 is 0 Å². The molecule has 0 aliphatic carbocycles. The van der Waals surface area contributed by atoms with Gasteiger partial charge >= 0.3 is 0 Å². The summed E-state index contributed by atoms with van der Waals surface area (Å²) < 4.78 is 0.883. The summed E-state index contributed by atoms with van der Waals surface area (Å²) in [6, 6.07) is 20.2. The van der Waals surface area contributed by atoms with Crippen LogP contribution in [0.1, 0.15) is 17.2 Å². The molecule has 0 spiro atoms. The lowest BCUT2D eigenvalue weighted by Gasteiger charge is -2.14. The zero-order chi connectivity index (χ0) is 14.1. The molecule has 2 N–H and O–H groups in total. The zero-order valence-corrected chi connectivity index (χ0v) is 13.0. The number of hydrogen-bond acceptors (Lipinski definition) is 1. The Hall–Kier alpha value is -1.35. The molecule has 0 bridgehead atoms. The van der Waals surface area contributed by atoms with Gasteiger partial charge in [-0.2, -0.15) is 0 Å². The second-order valence-corrected chi connectivity index (χ2v) is 6.02. The van der Waals surface area contributed by atoms with E-state index in [1.54, 1.807) is 0 Å². The minimum atomic E-state index is -0.176. The van der Waals surface area contributed by atoms with E-state index in [4.69, 9.17) is 17.3 Å². The molecule has 0 fully saturated rings. The summed E-state index contributed by atoms with van der Waals surface area (Å²) in [7, 11) is 0. The van der Waals surface area contributed by atoms with Crippen molar-refractivity contribution in [2.45, 2.75) is 6.04 Å². The largest absolute Gasteiger partial charge is 0.320 e. The maximum atomic E-state index is 6.35. The molecular formula is C17H13BrClN. The standard InChI is InChI=1S/C17H13BrClN/c18-15-8-7-14(10-16(15)19)17(20)13-6-5-11-3-1-2-4-12(11)9-13/h1-10,17H,20H2. The SMILES string of the molecule is NC(c1ccc(Br)c(Cl)c1)c1ccc2ccccc2c1. The summed E-state index contributed by atoms with van der Waals surface area (Å²) in [6.07, 6.45) is 0. The summed E-state index contributed by atoms with van der Waals surface area (Å²) in [6.45, 7) is 0. The molecule has 0 heterocycles. The normalized spacial score (nSPS) is 12.6. The number of nitrogens with two attached hydrogens (primary N) is 1. The van der Waals surface area contributed by atoms with Gasteiger partial charge in [0.1, 0.15) is 0 Å². The van der Waals surface area contributed by atoms with Crippen LogP contribution in [0, 0.1) is 0 Å². The van der Waals surface area contributed by atoms with E-state index in [-0.39, 0.29) is 6.04 Å². The van der Waals surface area contributed by atoms with Gasteiger partial charge in [0.15, 0.2) is 0 Å². The van der Waals surface area contributed by atoms with Crippen molar-refractivity contribution in [3.63, 3.8) is 0 Å². The molecule has 1 unspecified atom stereocenters. The Morgan fingerprint density at radius 3 is 2.25 bits per heavy atom. The van der Waals surface area contributed by atoms with Gasteiger partial charge in [0.25, 0.3) is 0 Å².